The van der Waals surface area contributed by atoms with Crippen molar-refractivity contribution in [3.63, 3.8) is 0 Å². The number of benzene rings is 1. The van der Waals surface area contributed by atoms with Gasteiger partial charge in [0.25, 0.3) is 5.91 Å². The Kier molecular flexibility index (Phi) is 5.20. The quantitative estimate of drug-likeness (QED) is 0.658. The van der Waals surface area contributed by atoms with Crippen molar-refractivity contribution in [2.24, 2.45) is 0 Å². The van der Waals surface area contributed by atoms with E-state index in [4.69, 9.17) is 22.1 Å². The van der Waals surface area contributed by atoms with E-state index in [1.54, 1.807) is 6.08 Å². The molecule has 1 atom stereocenters. The fraction of sp³-hybridized carbons (Fsp3) is 0.267. The molecule has 0 radical (unpaired) electrons. The van der Waals surface area contributed by atoms with E-state index in [9.17, 15) is 9.59 Å². The van der Waals surface area contributed by atoms with E-state index in [0.29, 0.717) is 11.5 Å². The Morgan fingerprint density at radius 3 is 2.64 bits per heavy atom. The normalized spacial score (nSPS) is 17.9. The SMILES string of the molecule is CCOc1ccc(/C=C2\SC(=S)N([C@@H](C)C(=O)O)C2=O)cc1. The molecule has 0 unspecified atom stereocenters. The van der Waals surface area contributed by atoms with Gasteiger partial charge in [-0.2, -0.15) is 0 Å². The van der Waals surface area contributed by atoms with Crippen LogP contribution < -0.4 is 4.74 Å². The van der Waals surface area contributed by atoms with Crippen LogP contribution in [0.25, 0.3) is 6.08 Å². The summed E-state index contributed by atoms with van der Waals surface area (Å²) in [7, 11) is 0. The molecule has 0 spiro atoms. The zero-order chi connectivity index (χ0) is 16.3. The molecule has 0 saturated carbocycles. The van der Waals surface area contributed by atoms with Crippen molar-refractivity contribution in [2.75, 3.05) is 6.61 Å². The summed E-state index contributed by atoms with van der Waals surface area (Å²) in [6.45, 7) is 3.93. The Balaban J connectivity index is 2.21. The molecule has 1 fully saturated rings. The van der Waals surface area contributed by atoms with Gasteiger partial charge in [0.2, 0.25) is 0 Å². The summed E-state index contributed by atoms with van der Waals surface area (Å²) in [5.41, 5.74) is 0.826. The van der Waals surface area contributed by atoms with E-state index in [2.05, 4.69) is 0 Å². The van der Waals surface area contributed by atoms with Gasteiger partial charge in [0.1, 0.15) is 16.1 Å². The average Bonchev–Trinajstić information content (AvgIpc) is 2.75. The highest BCUT2D eigenvalue weighted by atomic mass is 32.2. The van der Waals surface area contributed by atoms with Crippen LogP contribution >= 0.6 is 24.0 Å². The average molecular weight is 337 g/mol. The second kappa shape index (κ2) is 6.93. The Labute approximate surface area is 137 Å². The van der Waals surface area contributed by atoms with Crippen molar-refractivity contribution in [1.82, 2.24) is 4.90 Å². The number of hydrogen-bond donors (Lipinski definition) is 1. The molecule has 0 aliphatic carbocycles. The Hall–Kier alpha value is -1.86. The number of thiocarbonyl (C=S) groups is 1. The number of nitrogens with zero attached hydrogens (tertiary/aromatic N) is 1. The predicted molar refractivity (Wildman–Crippen MR) is 89.7 cm³/mol. The molecular formula is C15H15NO4S2. The summed E-state index contributed by atoms with van der Waals surface area (Å²) in [4.78, 5) is 24.9. The molecule has 22 heavy (non-hydrogen) atoms. The molecule has 1 saturated heterocycles. The number of carbonyl (C=O) groups excluding carboxylic acids is 1. The maximum absolute atomic E-state index is 12.3. The van der Waals surface area contributed by atoms with E-state index in [1.165, 1.54) is 6.92 Å². The number of carboxylic acids is 1. The zero-order valence-electron chi connectivity index (χ0n) is 12.1. The first-order chi connectivity index (χ1) is 10.4. The predicted octanol–water partition coefficient (Wildman–Crippen LogP) is 2.76. The van der Waals surface area contributed by atoms with Gasteiger partial charge in [0.15, 0.2) is 0 Å². The van der Waals surface area contributed by atoms with Crippen LogP contribution in [-0.4, -0.2) is 38.9 Å². The first-order valence-corrected chi connectivity index (χ1v) is 7.89. The molecular weight excluding hydrogens is 322 g/mol. The van der Waals surface area contributed by atoms with Crippen molar-refractivity contribution in [3.8, 4) is 5.75 Å². The lowest BCUT2D eigenvalue weighted by atomic mass is 10.2. The van der Waals surface area contributed by atoms with Crippen molar-refractivity contribution >= 4 is 46.3 Å². The van der Waals surface area contributed by atoms with Gasteiger partial charge in [-0.3, -0.25) is 9.69 Å². The van der Waals surface area contributed by atoms with Crippen LogP contribution in [0.2, 0.25) is 0 Å². The van der Waals surface area contributed by atoms with Crippen molar-refractivity contribution < 1.29 is 19.4 Å². The molecule has 1 aliphatic heterocycles. The van der Waals surface area contributed by atoms with Gasteiger partial charge in [-0.15, -0.1) is 0 Å². The minimum Gasteiger partial charge on any atom is -0.494 e. The first kappa shape index (κ1) is 16.5. The van der Waals surface area contributed by atoms with E-state index < -0.39 is 12.0 Å². The monoisotopic (exact) mass is 337 g/mol. The highest BCUT2D eigenvalue weighted by Crippen LogP contribution is 2.34. The molecule has 1 aromatic rings. The lowest BCUT2D eigenvalue weighted by molar-refractivity contribution is -0.144. The van der Waals surface area contributed by atoms with Gasteiger partial charge in [0.05, 0.1) is 11.5 Å². The Morgan fingerprint density at radius 2 is 2.09 bits per heavy atom. The number of carbonyl (C=O) groups is 2. The molecule has 1 N–H and O–H groups in total. The number of amides is 1. The van der Waals surface area contributed by atoms with E-state index in [1.807, 2.05) is 31.2 Å². The molecule has 1 aromatic carbocycles. The molecule has 116 valence electrons. The number of thioether (sulfide) groups is 1. The maximum atomic E-state index is 12.3. The largest absolute Gasteiger partial charge is 0.494 e. The van der Waals surface area contributed by atoms with Crippen LogP contribution in [0.1, 0.15) is 19.4 Å². The number of ether oxygens (including phenoxy) is 1. The molecule has 1 amide bonds. The Bertz CT molecular complexity index is 639. The molecule has 7 heteroatoms. The van der Waals surface area contributed by atoms with Crippen LogP contribution in [0.3, 0.4) is 0 Å². The van der Waals surface area contributed by atoms with Crippen molar-refractivity contribution in [2.45, 2.75) is 19.9 Å². The molecule has 2 rings (SSSR count). The highest BCUT2D eigenvalue weighted by Gasteiger charge is 2.38. The molecule has 0 aromatic heterocycles. The topological polar surface area (TPSA) is 66.8 Å². The summed E-state index contributed by atoms with van der Waals surface area (Å²) in [6.07, 6.45) is 1.70. The Morgan fingerprint density at radius 1 is 1.45 bits per heavy atom. The number of rotatable bonds is 5. The molecule has 5 nitrogen and oxygen atoms in total. The van der Waals surface area contributed by atoms with E-state index in [0.717, 1.165) is 28.0 Å². The van der Waals surface area contributed by atoms with Crippen LogP contribution in [0.4, 0.5) is 0 Å². The smallest absolute Gasteiger partial charge is 0.326 e. The summed E-state index contributed by atoms with van der Waals surface area (Å²) in [5.74, 6) is -0.705. The fourth-order valence-corrected chi connectivity index (χ4v) is 3.32. The summed E-state index contributed by atoms with van der Waals surface area (Å²) in [6, 6.07) is 6.32. The van der Waals surface area contributed by atoms with Gasteiger partial charge in [-0.1, -0.05) is 36.1 Å². The van der Waals surface area contributed by atoms with Gasteiger partial charge in [-0.05, 0) is 37.6 Å². The van der Waals surface area contributed by atoms with E-state index in [-0.39, 0.29) is 10.2 Å². The number of carboxylic acid groups (broad SMARTS) is 1. The number of hydrogen-bond acceptors (Lipinski definition) is 5. The molecule has 1 aliphatic rings. The second-order valence-corrected chi connectivity index (χ2v) is 6.24. The summed E-state index contributed by atoms with van der Waals surface area (Å²) < 4.78 is 5.62. The number of aliphatic carboxylic acids is 1. The van der Waals surface area contributed by atoms with Crippen molar-refractivity contribution in [1.29, 1.82) is 0 Å². The van der Waals surface area contributed by atoms with Gasteiger partial charge in [0, 0.05) is 0 Å². The van der Waals surface area contributed by atoms with Gasteiger partial charge in [-0.25, -0.2) is 4.79 Å². The third kappa shape index (κ3) is 3.48. The maximum Gasteiger partial charge on any atom is 0.326 e. The minimum absolute atomic E-state index is 0.261. The van der Waals surface area contributed by atoms with Crippen LogP contribution in [0.5, 0.6) is 5.75 Å². The second-order valence-electron chi connectivity index (χ2n) is 4.57. The van der Waals surface area contributed by atoms with Gasteiger partial charge >= 0.3 is 5.97 Å². The lowest BCUT2D eigenvalue weighted by Gasteiger charge is -2.18. The standard InChI is InChI=1S/C15H15NO4S2/c1-3-20-11-6-4-10(5-7-11)8-12-13(17)16(15(21)22-12)9(2)14(18)19/h4-9H,3H2,1-2H3,(H,18,19)/b12-8-/t9-/m0/s1. The summed E-state index contributed by atoms with van der Waals surface area (Å²) in [5, 5.41) is 9.04. The zero-order valence-corrected chi connectivity index (χ0v) is 13.7. The van der Waals surface area contributed by atoms with E-state index >= 15 is 0 Å². The molecule has 1 heterocycles. The van der Waals surface area contributed by atoms with Crippen molar-refractivity contribution in [3.05, 3.63) is 34.7 Å². The van der Waals surface area contributed by atoms with Crippen LogP contribution in [-0.2, 0) is 9.59 Å². The first-order valence-electron chi connectivity index (χ1n) is 6.66. The van der Waals surface area contributed by atoms with Gasteiger partial charge < -0.3 is 9.84 Å². The third-order valence-corrected chi connectivity index (χ3v) is 4.39. The van der Waals surface area contributed by atoms with Crippen LogP contribution in [0, 0.1) is 0 Å². The molecule has 0 bridgehead atoms. The fourth-order valence-electron chi connectivity index (χ4n) is 1.90. The highest BCUT2D eigenvalue weighted by molar-refractivity contribution is 8.26. The minimum atomic E-state index is -1.08. The third-order valence-electron chi connectivity index (χ3n) is 3.06. The van der Waals surface area contributed by atoms with Crippen LogP contribution in [0.15, 0.2) is 29.2 Å². The summed E-state index contributed by atoms with van der Waals surface area (Å²) >= 11 is 6.22. The lowest BCUT2D eigenvalue weighted by Crippen LogP contribution is -2.41.